The Labute approximate surface area is 158 Å². The number of thiocarbonyl (C=S) groups is 1. The second-order valence-electron chi connectivity index (χ2n) is 7.21. The molecule has 2 saturated heterocycles. The van der Waals surface area contributed by atoms with Gasteiger partial charge >= 0.3 is 0 Å². The van der Waals surface area contributed by atoms with Crippen LogP contribution in [0.15, 0.2) is 18.2 Å². The maximum absolute atomic E-state index is 10.1. The van der Waals surface area contributed by atoms with Crippen molar-refractivity contribution < 1.29 is 24.4 Å². The molecule has 0 spiro atoms. The smallest absolute Gasteiger partial charge is 0.189 e. The van der Waals surface area contributed by atoms with Crippen molar-refractivity contribution in [3.05, 3.63) is 29.3 Å². The van der Waals surface area contributed by atoms with Crippen molar-refractivity contribution in [1.29, 1.82) is 0 Å². The molecule has 0 aromatic heterocycles. The van der Waals surface area contributed by atoms with Crippen LogP contribution in [0.4, 0.5) is 5.69 Å². The number of anilines is 1. The lowest BCUT2D eigenvalue weighted by molar-refractivity contribution is -0.218. The van der Waals surface area contributed by atoms with E-state index in [2.05, 4.69) is 10.6 Å². The van der Waals surface area contributed by atoms with Gasteiger partial charge in [0.1, 0.15) is 18.3 Å². The standard InChI is InChI=1S/C18H26N2O5S/c1-9-6-5-7-10(2)12(9)19-17(26)20-13-14(11(22)8-21)23-16-15(13)24-18(3,4)25-16/h5-7,11,13-16,21-22H,8H2,1-4H3,(H2,19,20,26)/t11-,13+,14-,15-,16-/m1/s1. The van der Waals surface area contributed by atoms with Crippen molar-refractivity contribution in [2.75, 3.05) is 11.9 Å². The molecule has 2 aliphatic rings. The third kappa shape index (κ3) is 3.85. The first kappa shape index (κ1) is 19.5. The number of rotatable bonds is 4. The Morgan fingerprint density at radius 1 is 1.27 bits per heavy atom. The van der Waals surface area contributed by atoms with Crippen molar-refractivity contribution in [2.24, 2.45) is 0 Å². The first-order chi connectivity index (χ1) is 12.2. The van der Waals surface area contributed by atoms with Gasteiger partial charge in [0.15, 0.2) is 17.2 Å². The molecule has 0 saturated carbocycles. The highest BCUT2D eigenvalue weighted by Gasteiger charge is 2.56. The average Bonchev–Trinajstić information content (AvgIpc) is 3.03. The predicted molar refractivity (Wildman–Crippen MR) is 101 cm³/mol. The molecule has 5 atom stereocenters. The molecular weight excluding hydrogens is 356 g/mol. The maximum Gasteiger partial charge on any atom is 0.189 e. The zero-order valence-corrected chi connectivity index (χ0v) is 16.2. The van der Waals surface area contributed by atoms with Gasteiger partial charge in [0.05, 0.1) is 12.6 Å². The largest absolute Gasteiger partial charge is 0.394 e. The number of fused-ring (bicyclic) bond motifs is 1. The number of aliphatic hydroxyl groups excluding tert-OH is 2. The van der Waals surface area contributed by atoms with Gasteiger partial charge in [-0.05, 0) is 51.0 Å². The summed E-state index contributed by atoms with van der Waals surface area (Å²) < 4.78 is 17.4. The van der Waals surface area contributed by atoms with Crippen LogP contribution in [-0.4, -0.2) is 58.4 Å². The van der Waals surface area contributed by atoms with E-state index in [9.17, 15) is 10.2 Å². The zero-order valence-electron chi connectivity index (χ0n) is 15.4. The molecule has 0 amide bonds. The summed E-state index contributed by atoms with van der Waals surface area (Å²) in [6.07, 6.45) is -2.86. The van der Waals surface area contributed by atoms with Gasteiger partial charge in [-0.2, -0.15) is 0 Å². The second-order valence-corrected chi connectivity index (χ2v) is 7.62. The molecule has 7 nitrogen and oxygen atoms in total. The van der Waals surface area contributed by atoms with Crippen LogP contribution in [0.5, 0.6) is 0 Å². The molecule has 3 rings (SSSR count). The Hall–Kier alpha value is -1.29. The summed E-state index contributed by atoms with van der Waals surface area (Å²) >= 11 is 5.47. The number of benzene rings is 1. The fraction of sp³-hybridized carbons (Fsp3) is 0.611. The summed E-state index contributed by atoms with van der Waals surface area (Å²) in [5.41, 5.74) is 3.08. The Kier molecular flexibility index (Phi) is 5.53. The van der Waals surface area contributed by atoms with Gasteiger partial charge in [-0.1, -0.05) is 18.2 Å². The third-order valence-electron chi connectivity index (χ3n) is 4.67. The Balaban J connectivity index is 1.75. The molecule has 0 radical (unpaired) electrons. The number of hydrogen-bond acceptors (Lipinski definition) is 6. The van der Waals surface area contributed by atoms with Crippen LogP contribution in [0.1, 0.15) is 25.0 Å². The molecule has 26 heavy (non-hydrogen) atoms. The summed E-state index contributed by atoms with van der Waals surface area (Å²) in [5, 5.41) is 26.2. The number of ether oxygens (including phenoxy) is 3. The normalized spacial score (nSPS) is 30.7. The first-order valence-electron chi connectivity index (χ1n) is 8.65. The highest BCUT2D eigenvalue weighted by Crippen LogP contribution is 2.38. The zero-order chi connectivity index (χ0) is 19.1. The van der Waals surface area contributed by atoms with Crippen LogP contribution in [0, 0.1) is 13.8 Å². The van der Waals surface area contributed by atoms with Gasteiger partial charge in [0.25, 0.3) is 0 Å². The molecule has 2 heterocycles. The van der Waals surface area contributed by atoms with Crippen LogP contribution in [0.25, 0.3) is 0 Å². The van der Waals surface area contributed by atoms with Crippen molar-refractivity contribution in [3.63, 3.8) is 0 Å². The van der Waals surface area contributed by atoms with Gasteiger partial charge in [-0.3, -0.25) is 0 Å². The molecule has 1 aromatic carbocycles. The van der Waals surface area contributed by atoms with Gasteiger partial charge in [0.2, 0.25) is 0 Å². The van der Waals surface area contributed by atoms with Crippen LogP contribution in [-0.2, 0) is 14.2 Å². The van der Waals surface area contributed by atoms with Gasteiger partial charge < -0.3 is 35.1 Å². The lowest BCUT2D eigenvalue weighted by Gasteiger charge is -2.29. The lowest BCUT2D eigenvalue weighted by atomic mass is 10.0. The van der Waals surface area contributed by atoms with E-state index >= 15 is 0 Å². The van der Waals surface area contributed by atoms with Crippen LogP contribution in [0.2, 0.25) is 0 Å². The van der Waals surface area contributed by atoms with Crippen molar-refractivity contribution in [2.45, 2.75) is 64.1 Å². The molecule has 0 bridgehead atoms. The van der Waals surface area contributed by atoms with Crippen molar-refractivity contribution in [3.8, 4) is 0 Å². The summed E-state index contributed by atoms with van der Waals surface area (Å²) in [7, 11) is 0. The van der Waals surface area contributed by atoms with E-state index in [0.717, 1.165) is 16.8 Å². The van der Waals surface area contributed by atoms with Gasteiger partial charge in [-0.25, -0.2) is 0 Å². The molecule has 4 N–H and O–H groups in total. The third-order valence-corrected chi connectivity index (χ3v) is 4.89. The number of nitrogens with one attached hydrogen (secondary N) is 2. The van der Waals surface area contributed by atoms with E-state index in [4.69, 9.17) is 26.4 Å². The maximum atomic E-state index is 10.1. The Morgan fingerprint density at radius 2 is 1.92 bits per heavy atom. The number of hydrogen-bond donors (Lipinski definition) is 4. The first-order valence-corrected chi connectivity index (χ1v) is 9.06. The molecule has 144 valence electrons. The fourth-order valence-corrected chi connectivity index (χ4v) is 3.68. The van der Waals surface area contributed by atoms with Crippen LogP contribution < -0.4 is 10.6 Å². The number of aliphatic hydroxyl groups is 2. The van der Waals surface area contributed by atoms with E-state index in [0.29, 0.717) is 5.11 Å². The second kappa shape index (κ2) is 7.38. The Morgan fingerprint density at radius 3 is 2.54 bits per heavy atom. The highest BCUT2D eigenvalue weighted by molar-refractivity contribution is 7.80. The van der Waals surface area contributed by atoms with Gasteiger partial charge in [0, 0.05) is 5.69 Å². The minimum absolute atomic E-state index is 0.389. The average molecular weight is 382 g/mol. The predicted octanol–water partition coefficient (Wildman–Crippen LogP) is 1.19. The molecule has 2 aliphatic heterocycles. The van der Waals surface area contributed by atoms with E-state index in [1.165, 1.54) is 0 Å². The monoisotopic (exact) mass is 382 g/mol. The molecular formula is C18H26N2O5S. The summed E-state index contributed by atoms with van der Waals surface area (Å²) in [5.74, 6) is -0.786. The van der Waals surface area contributed by atoms with E-state index in [1.807, 2.05) is 32.0 Å². The molecule has 1 aromatic rings. The topological polar surface area (TPSA) is 92.2 Å². The lowest BCUT2D eigenvalue weighted by Crippen LogP contribution is -2.53. The van der Waals surface area contributed by atoms with Crippen LogP contribution in [0.3, 0.4) is 0 Å². The highest BCUT2D eigenvalue weighted by atomic mass is 32.1. The van der Waals surface area contributed by atoms with E-state index in [1.54, 1.807) is 13.8 Å². The van der Waals surface area contributed by atoms with E-state index in [-0.39, 0.29) is 0 Å². The minimum Gasteiger partial charge on any atom is -0.394 e. The Bertz CT molecular complexity index is 663. The number of aryl methyl sites for hydroxylation is 2. The van der Waals surface area contributed by atoms with Crippen LogP contribution >= 0.6 is 12.2 Å². The summed E-state index contributed by atoms with van der Waals surface area (Å²) in [6, 6.07) is 5.53. The minimum atomic E-state index is -1.07. The van der Waals surface area contributed by atoms with Crippen molar-refractivity contribution >= 4 is 23.0 Å². The number of para-hydroxylation sites is 1. The summed E-state index contributed by atoms with van der Waals surface area (Å²) in [6.45, 7) is 7.18. The SMILES string of the molecule is Cc1cccc(C)c1NC(=S)N[C@@H]1[C@H]2OC(C)(C)O[C@H]2O[C@@H]1[C@H](O)CO. The molecule has 2 fully saturated rings. The molecule has 8 heteroatoms. The van der Waals surface area contributed by atoms with Gasteiger partial charge in [-0.15, -0.1) is 0 Å². The van der Waals surface area contributed by atoms with Crippen molar-refractivity contribution in [1.82, 2.24) is 5.32 Å². The fourth-order valence-electron chi connectivity index (χ4n) is 3.44. The summed E-state index contributed by atoms with van der Waals surface area (Å²) in [4.78, 5) is 0. The molecule has 0 aliphatic carbocycles. The van der Waals surface area contributed by atoms with E-state index < -0.39 is 43.0 Å². The molecule has 0 unspecified atom stereocenters. The quantitative estimate of drug-likeness (QED) is 0.577.